The minimum atomic E-state index is -0.241. The average Bonchev–Trinajstić information content (AvgIpc) is 3.21. The van der Waals surface area contributed by atoms with Gasteiger partial charge < -0.3 is 9.88 Å². The molecule has 1 aromatic heterocycles. The van der Waals surface area contributed by atoms with Gasteiger partial charge in [-0.3, -0.25) is 5.32 Å². The highest BCUT2D eigenvalue weighted by atomic mass is 16.2. The summed E-state index contributed by atoms with van der Waals surface area (Å²) < 4.78 is 2.07. The molecule has 0 spiro atoms. The highest BCUT2D eigenvalue weighted by Crippen LogP contribution is 2.32. The maximum Gasteiger partial charge on any atom is 0.324 e. The number of rotatable bonds is 15. The summed E-state index contributed by atoms with van der Waals surface area (Å²) in [6.07, 6.45) is 17.0. The summed E-state index contributed by atoms with van der Waals surface area (Å²) in [6, 6.07) is 6.01. The number of hydrogen-bond donors (Lipinski definition) is 2. The fraction of sp³-hybridized carbons (Fsp3) is 0.643. The van der Waals surface area contributed by atoms with Crippen LogP contribution in [0.25, 0.3) is 0 Å². The molecule has 0 aliphatic heterocycles. The molecular formula is C28H46N4O. The van der Waals surface area contributed by atoms with E-state index in [0.29, 0.717) is 17.7 Å². The first-order valence-electron chi connectivity index (χ1n) is 13.1. The maximum atomic E-state index is 12.7. The van der Waals surface area contributed by atoms with Crippen molar-refractivity contribution in [1.29, 1.82) is 0 Å². The van der Waals surface area contributed by atoms with Crippen molar-refractivity contribution in [1.82, 2.24) is 9.55 Å². The Labute approximate surface area is 201 Å². The summed E-state index contributed by atoms with van der Waals surface area (Å²) in [4.78, 5) is 17.1. The Kier molecular flexibility index (Phi) is 12.1. The molecule has 0 aliphatic rings. The first-order valence-corrected chi connectivity index (χ1v) is 13.1. The zero-order valence-electron chi connectivity index (χ0n) is 21.6. The van der Waals surface area contributed by atoms with E-state index in [0.717, 1.165) is 29.8 Å². The van der Waals surface area contributed by atoms with E-state index in [4.69, 9.17) is 0 Å². The van der Waals surface area contributed by atoms with Crippen LogP contribution in [0.4, 0.5) is 16.3 Å². The third kappa shape index (κ3) is 9.61. The zero-order valence-corrected chi connectivity index (χ0v) is 21.6. The van der Waals surface area contributed by atoms with Crippen molar-refractivity contribution in [2.75, 3.05) is 10.6 Å². The normalized spacial score (nSPS) is 11.4. The van der Waals surface area contributed by atoms with Crippen LogP contribution in [0, 0.1) is 0 Å². The Morgan fingerprint density at radius 3 is 1.94 bits per heavy atom. The van der Waals surface area contributed by atoms with Gasteiger partial charge >= 0.3 is 6.03 Å². The molecule has 0 radical (unpaired) electrons. The van der Waals surface area contributed by atoms with Gasteiger partial charge in [-0.25, -0.2) is 9.78 Å². The minimum absolute atomic E-state index is 0.241. The minimum Gasteiger partial charge on any atom is -0.335 e. The Balaban J connectivity index is 1.75. The average molecular weight is 455 g/mol. The number of nitrogens with one attached hydrogen (secondary N) is 2. The number of aryl methyl sites for hydroxylation is 1. The van der Waals surface area contributed by atoms with Crippen molar-refractivity contribution in [2.24, 2.45) is 0 Å². The number of benzene rings is 1. The van der Waals surface area contributed by atoms with E-state index in [2.05, 4.69) is 73.0 Å². The van der Waals surface area contributed by atoms with Gasteiger partial charge in [-0.2, -0.15) is 0 Å². The van der Waals surface area contributed by atoms with Crippen LogP contribution in [0.2, 0.25) is 0 Å². The third-order valence-electron chi connectivity index (χ3n) is 6.26. The Morgan fingerprint density at radius 1 is 0.848 bits per heavy atom. The number of nitrogens with zero attached hydrogens (tertiary/aromatic N) is 2. The largest absolute Gasteiger partial charge is 0.335 e. The first-order chi connectivity index (χ1) is 15.9. The van der Waals surface area contributed by atoms with E-state index < -0.39 is 0 Å². The number of urea groups is 1. The molecule has 0 saturated heterocycles. The molecule has 5 heteroatoms. The van der Waals surface area contributed by atoms with Gasteiger partial charge in [-0.1, -0.05) is 111 Å². The van der Waals surface area contributed by atoms with Gasteiger partial charge in [0.15, 0.2) is 5.82 Å². The van der Waals surface area contributed by atoms with Crippen LogP contribution < -0.4 is 10.6 Å². The first kappa shape index (κ1) is 26.9. The number of amides is 2. The van der Waals surface area contributed by atoms with Crippen molar-refractivity contribution in [3.8, 4) is 0 Å². The van der Waals surface area contributed by atoms with Crippen LogP contribution in [0.5, 0.6) is 0 Å². The fourth-order valence-corrected chi connectivity index (χ4v) is 4.29. The molecule has 0 bridgehead atoms. The molecule has 0 atom stereocenters. The Bertz CT molecular complexity index is 799. The number of carbonyl (C=O) groups excluding carboxylic acids is 1. The van der Waals surface area contributed by atoms with E-state index in [1.807, 2.05) is 12.5 Å². The summed E-state index contributed by atoms with van der Waals surface area (Å²) in [5.41, 5.74) is 3.23. The van der Waals surface area contributed by atoms with Crippen molar-refractivity contribution >= 4 is 17.5 Å². The van der Waals surface area contributed by atoms with Gasteiger partial charge in [-0.15, -0.1) is 0 Å². The summed E-state index contributed by atoms with van der Waals surface area (Å²) in [5, 5.41) is 5.99. The standard InChI is InChI=1S/C28H46N4O/c1-6-7-8-9-10-11-12-13-14-15-19-32-20-26(29-21-32)30-28(33)31-27-24(22(2)3)17-16-18-25(27)23(4)5/h16-18,20-23H,6-15,19H2,1-5H3,(H2,30,31,33). The second-order valence-electron chi connectivity index (χ2n) is 9.88. The summed E-state index contributed by atoms with van der Waals surface area (Å²) in [7, 11) is 0. The molecule has 2 aromatic rings. The summed E-state index contributed by atoms with van der Waals surface area (Å²) >= 11 is 0. The summed E-state index contributed by atoms with van der Waals surface area (Å²) in [6.45, 7) is 11.8. The van der Waals surface area contributed by atoms with E-state index in [-0.39, 0.29) is 6.03 Å². The van der Waals surface area contributed by atoms with Gasteiger partial charge in [0.25, 0.3) is 0 Å². The second-order valence-corrected chi connectivity index (χ2v) is 9.88. The Morgan fingerprint density at radius 2 is 1.39 bits per heavy atom. The highest BCUT2D eigenvalue weighted by molar-refractivity contribution is 6.00. The van der Waals surface area contributed by atoms with Crippen LogP contribution in [0.15, 0.2) is 30.7 Å². The number of unbranched alkanes of at least 4 members (excludes halogenated alkanes) is 9. The van der Waals surface area contributed by atoms with Crippen LogP contribution in [-0.4, -0.2) is 15.6 Å². The molecule has 2 N–H and O–H groups in total. The predicted molar refractivity (Wildman–Crippen MR) is 141 cm³/mol. The maximum absolute atomic E-state index is 12.7. The van der Waals surface area contributed by atoms with Crippen molar-refractivity contribution in [3.63, 3.8) is 0 Å². The number of anilines is 2. The molecule has 5 nitrogen and oxygen atoms in total. The van der Waals surface area contributed by atoms with Gasteiger partial charge in [-0.05, 0) is 29.4 Å². The second kappa shape index (κ2) is 14.8. The lowest BCUT2D eigenvalue weighted by molar-refractivity contribution is 0.262. The van der Waals surface area contributed by atoms with E-state index in [1.165, 1.54) is 57.8 Å². The molecule has 0 aliphatic carbocycles. The third-order valence-corrected chi connectivity index (χ3v) is 6.26. The van der Waals surface area contributed by atoms with Crippen LogP contribution in [-0.2, 0) is 6.54 Å². The molecule has 0 unspecified atom stereocenters. The molecule has 33 heavy (non-hydrogen) atoms. The fourth-order valence-electron chi connectivity index (χ4n) is 4.29. The van der Waals surface area contributed by atoms with Gasteiger partial charge in [0, 0.05) is 18.4 Å². The van der Waals surface area contributed by atoms with Gasteiger partial charge in [0.05, 0.1) is 6.33 Å². The van der Waals surface area contributed by atoms with Crippen molar-refractivity contribution < 1.29 is 4.79 Å². The molecule has 1 aromatic carbocycles. The zero-order chi connectivity index (χ0) is 24.1. The van der Waals surface area contributed by atoms with Crippen LogP contribution >= 0.6 is 0 Å². The number of para-hydroxylation sites is 1. The van der Waals surface area contributed by atoms with E-state index in [1.54, 1.807) is 0 Å². The smallest absolute Gasteiger partial charge is 0.324 e. The molecule has 2 rings (SSSR count). The predicted octanol–water partition coefficient (Wildman–Crippen LogP) is 8.69. The quantitative estimate of drug-likeness (QED) is 0.264. The number of hydrogen-bond acceptors (Lipinski definition) is 2. The summed E-state index contributed by atoms with van der Waals surface area (Å²) in [5.74, 6) is 1.26. The van der Waals surface area contributed by atoms with Crippen LogP contribution in [0.3, 0.4) is 0 Å². The lowest BCUT2D eigenvalue weighted by Gasteiger charge is -2.20. The Hall–Kier alpha value is -2.30. The highest BCUT2D eigenvalue weighted by Gasteiger charge is 2.16. The number of carbonyl (C=O) groups is 1. The topological polar surface area (TPSA) is 59.0 Å². The van der Waals surface area contributed by atoms with E-state index in [9.17, 15) is 4.79 Å². The molecule has 0 saturated carbocycles. The van der Waals surface area contributed by atoms with Crippen molar-refractivity contribution in [3.05, 3.63) is 41.9 Å². The lowest BCUT2D eigenvalue weighted by Crippen LogP contribution is -2.22. The molecule has 2 amide bonds. The van der Waals surface area contributed by atoms with Gasteiger partial charge in [0.1, 0.15) is 0 Å². The molecule has 1 heterocycles. The lowest BCUT2D eigenvalue weighted by atomic mass is 9.93. The monoisotopic (exact) mass is 454 g/mol. The molecular weight excluding hydrogens is 408 g/mol. The van der Waals surface area contributed by atoms with Crippen LogP contribution in [0.1, 0.15) is 122 Å². The number of aromatic nitrogens is 2. The van der Waals surface area contributed by atoms with Gasteiger partial charge in [0.2, 0.25) is 0 Å². The SMILES string of the molecule is CCCCCCCCCCCCn1cnc(NC(=O)Nc2c(C(C)C)cccc2C(C)C)c1. The number of imidazole rings is 1. The van der Waals surface area contributed by atoms with E-state index >= 15 is 0 Å². The van der Waals surface area contributed by atoms with Crippen molar-refractivity contribution in [2.45, 2.75) is 117 Å². The molecule has 184 valence electrons. The molecule has 0 fully saturated rings.